The van der Waals surface area contributed by atoms with Crippen LogP contribution in [-0.4, -0.2) is 25.2 Å². The lowest BCUT2D eigenvalue weighted by Crippen LogP contribution is -2.46. The summed E-state index contributed by atoms with van der Waals surface area (Å²) in [7, 11) is 0. The molecule has 1 aliphatic heterocycles. The van der Waals surface area contributed by atoms with Crippen molar-refractivity contribution in [2.75, 3.05) is 18.1 Å². The number of benzene rings is 2. The van der Waals surface area contributed by atoms with E-state index in [1.807, 2.05) is 56.3 Å². The van der Waals surface area contributed by atoms with Crippen molar-refractivity contribution in [3.05, 3.63) is 53.6 Å². The first-order valence-electron chi connectivity index (χ1n) is 9.06. The molecule has 0 bridgehead atoms. The van der Waals surface area contributed by atoms with E-state index in [2.05, 4.69) is 0 Å². The maximum absolute atomic E-state index is 12.6. The zero-order valence-corrected chi connectivity index (χ0v) is 15.6. The molecule has 2 aromatic rings. The molecule has 138 valence electrons. The van der Waals surface area contributed by atoms with Gasteiger partial charge in [0.15, 0.2) is 6.10 Å². The molecule has 5 nitrogen and oxygen atoms in total. The van der Waals surface area contributed by atoms with E-state index in [-0.39, 0.29) is 11.9 Å². The van der Waals surface area contributed by atoms with Gasteiger partial charge in [-0.25, -0.2) is 0 Å². The lowest BCUT2D eigenvalue weighted by atomic mass is 10.0. The van der Waals surface area contributed by atoms with Crippen LogP contribution in [0.25, 0.3) is 0 Å². The minimum Gasteiger partial charge on any atom is -0.492 e. The Morgan fingerprint density at radius 2 is 1.96 bits per heavy atom. The lowest BCUT2D eigenvalue weighted by Gasteiger charge is -2.33. The van der Waals surface area contributed by atoms with Crippen molar-refractivity contribution in [1.29, 1.82) is 0 Å². The van der Waals surface area contributed by atoms with E-state index >= 15 is 0 Å². The minimum atomic E-state index is -0.507. The molecule has 0 spiro atoms. The maximum atomic E-state index is 12.6. The Morgan fingerprint density at radius 1 is 1.23 bits per heavy atom. The van der Waals surface area contributed by atoms with Crippen molar-refractivity contribution in [1.82, 2.24) is 0 Å². The van der Waals surface area contributed by atoms with Gasteiger partial charge in [0.05, 0.1) is 12.2 Å². The van der Waals surface area contributed by atoms with Gasteiger partial charge < -0.3 is 20.1 Å². The number of hydrogen-bond donors (Lipinski definition) is 1. The average Bonchev–Trinajstić information content (AvgIpc) is 2.65. The van der Waals surface area contributed by atoms with Gasteiger partial charge in [-0.3, -0.25) is 4.79 Å². The Morgan fingerprint density at radius 3 is 2.65 bits per heavy atom. The Balaban J connectivity index is 1.77. The third-order valence-corrected chi connectivity index (χ3v) is 4.66. The van der Waals surface area contributed by atoms with Gasteiger partial charge in [0.1, 0.15) is 18.1 Å². The summed E-state index contributed by atoms with van der Waals surface area (Å²) in [5.41, 5.74) is 9.10. The van der Waals surface area contributed by atoms with Crippen LogP contribution in [0.4, 0.5) is 5.69 Å². The van der Waals surface area contributed by atoms with Gasteiger partial charge in [-0.2, -0.15) is 0 Å². The first kappa shape index (κ1) is 18.3. The fourth-order valence-electron chi connectivity index (χ4n) is 3.01. The van der Waals surface area contributed by atoms with Crippen LogP contribution in [-0.2, 0) is 4.79 Å². The Hall–Kier alpha value is -2.53. The summed E-state index contributed by atoms with van der Waals surface area (Å²) in [6.07, 6.45) is 0.327. The quantitative estimate of drug-likeness (QED) is 0.861. The fraction of sp³-hybridized carbons (Fsp3) is 0.381. The molecule has 0 fully saturated rings. The third kappa shape index (κ3) is 3.83. The van der Waals surface area contributed by atoms with Crippen molar-refractivity contribution in [2.45, 2.75) is 39.3 Å². The molecule has 0 saturated carbocycles. The molecule has 1 heterocycles. The van der Waals surface area contributed by atoms with Crippen LogP contribution in [0.1, 0.15) is 37.4 Å². The summed E-state index contributed by atoms with van der Waals surface area (Å²) in [5, 5.41) is 0. The molecule has 2 aromatic carbocycles. The van der Waals surface area contributed by atoms with Gasteiger partial charge in [-0.1, -0.05) is 30.7 Å². The molecule has 1 aliphatic rings. The molecule has 26 heavy (non-hydrogen) atoms. The standard InChI is InChI=1S/C21H26N2O3/c1-4-18(22)16-7-10-20-19(13-16)23(21(24)15(3)26-20)11-12-25-17-8-5-14(2)6-9-17/h5-10,13,15,18H,4,11-12,22H2,1-3H3. The normalized spacial score (nSPS) is 17.5. The fourth-order valence-corrected chi connectivity index (χ4v) is 3.01. The van der Waals surface area contributed by atoms with Crippen LogP contribution in [0.5, 0.6) is 11.5 Å². The number of anilines is 1. The van der Waals surface area contributed by atoms with Crippen molar-refractivity contribution < 1.29 is 14.3 Å². The number of nitrogens with zero attached hydrogens (tertiary/aromatic N) is 1. The predicted molar refractivity (Wildman–Crippen MR) is 103 cm³/mol. The summed E-state index contributed by atoms with van der Waals surface area (Å²) < 4.78 is 11.5. The van der Waals surface area contributed by atoms with Gasteiger partial charge in [0.2, 0.25) is 0 Å². The second-order valence-electron chi connectivity index (χ2n) is 6.65. The highest BCUT2D eigenvalue weighted by Gasteiger charge is 2.31. The van der Waals surface area contributed by atoms with Gasteiger partial charge in [-0.15, -0.1) is 0 Å². The number of amides is 1. The van der Waals surface area contributed by atoms with Crippen molar-refractivity contribution >= 4 is 11.6 Å². The number of carbonyl (C=O) groups excluding carboxylic acids is 1. The summed E-state index contributed by atoms with van der Waals surface area (Å²) in [6, 6.07) is 13.7. The lowest BCUT2D eigenvalue weighted by molar-refractivity contribution is -0.125. The molecule has 2 atom stereocenters. The highest BCUT2D eigenvalue weighted by Crippen LogP contribution is 2.36. The van der Waals surface area contributed by atoms with Crippen LogP contribution in [0.2, 0.25) is 0 Å². The van der Waals surface area contributed by atoms with Crippen LogP contribution in [0.3, 0.4) is 0 Å². The van der Waals surface area contributed by atoms with E-state index < -0.39 is 6.10 Å². The van der Waals surface area contributed by atoms with E-state index in [0.717, 1.165) is 23.4 Å². The SMILES string of the molecule is CCC(N)c1ccc2c(c1)N(CCOc1ccc(C)cc1)C(=O)C(C)O2. The molecule has 3 rings (SSSR count). The van der Waals surface area contributed by atoms with E-state index in [4.69, 9.17) is 15.2 Å². The Kier molecular flexibility index (Phi) is 5.47. The number of fused-ring (bicyclic) bond motifs is 1. The molecular weight excluding hydrogens is 328 g/mol. The molecule has 0 radical (unpaired) electrons. The monoisotopic (exact) mass is 354 g/mol. The number of hydrogen-bond acceptors (Lipinski definition) is 4. The highest BCUT2D eigenvalue weighted by atomic mass is 16.5. The second kappa shape index (κ2) is 7.79. The first-order valence-corrected chi connectivity index (χ1v) is 9.06. The molecule has 2 unspecified atom stereocenters. The van der Waals surface area contributed by atoms with Crippen LogP contribution in [0.15, 0.2) is 42.5 Å². The molecule has 1 amide bonds. The van der Waals surface area contributed by atoms with Crippen molar-refractivity contribution in [3.63, 3.8) is 0 Å². The molecule has 0 saturated heterocycles. The van der Waals surface area contributed by atoms with Gasteiger partial charge >= 0.3 is 0 Å². The average molecular weight is 354 g/mol. The second-order valence-corrected chi connectivity index (χ2v) is 6.65. The topological polar surface area (TPSA) is 64.8 Å². The minimum absolute atomic E-state index is 0.0552. The Labute approximate surface area is 154 Å². The molecular formula is C21H26N2O3. The van der Waals surface area contributed by atoms with E-state index in [0.29, 0.717) is 18.9 Å². The van der Waals surface area contributed by atoms with Gasteiger partial charge in [-0.05, 0) is 50.1 Å². The van der Waals surface area contributed by atoms with E-state index in [1.165, 1.54) is 5.56 Å². The summed E-state index contributed by atoms with van der Waals surface area (Å²) in [6.45, 7) is 6.71. The summed E-state index contributed by atoms with van der Waals surface area (Å²) in [4.78, 5) is 14.4. The molecule has 5 heteroatoms. The molecule has 2 N–H and O–H groups in total. The van der Waals surface area contributed by atoms with Crippen LogP contribution < -0.4 is 20.1 Å². The van der Waals surface area contributed by atoms with Crippen LogP contribution >= 0.6 is 0 Å². The van der Waals surface area contributed by atoms with Crippen molar-refractivity contribution in [2.24, 2.45) is 5.73 Å². The predicted octanol–water partition coefficient (Wildman–Crippen LogP) is 3.60. The molecule has 0 aromatic heterocycles. The largest absolute Gasteiger partial charge is 0.492 e. The number of ether oxygens (including phenoxy) is 2. The van der Waals surface area contributed by atoms with Crippen LogP contribution in [0, 0.1) is 6.92 Å². The van der Waals surface area contributed by atoms with Gasteiger partial charge in [0, 0.05) is 6.04 Å². The zero-order chi connectivity index (χ0) is 18.7. The summed E-state index contributed by atoms with van der Waals surface area (Å²) in [5.74, 6) is 1.44. The third-order valence-electron chi connectivity index (χ3n) is 4.66. The van der Waals surface area contributed by atoms with Gasteiger partial charge in [0.25, 0.3) is 5.91 Å². The smallest absolute Gasteiger partial charge is 0.267 e. The number of rotatable bonds is 6. The van der Waals surface area contributed by atoms with E-state index in [1.54, 1.807) is 11.8 Å². The number of carbonyl (C=O) groups is 1. The van der Waals surface area contributed by atoms with E-state index in [9.17, 15) is 4.79 Å². The molecule has 0 aliphatic carbocycles. The zero-order valence-electron chi connectivity index (χ0n) is 15.6. The van der Waals surface area contributed by atoms with Crippen molar-refractivity contribution in [3.8, 4) is 11.5 Å². The number of nitrogens with two attached hydrogens (primary N) is 1. The highest BCUT2D eigenvalue weighted by molar-refractivity contribution is 5.99. The first-order chi connectivity index (χ1) is 12.5. The summed E-state index contributed by atoms with van der Waals surface area (Å²) >= 11 is 0. The Bertz CT molecular complexity index is 773. The maximum Gasteiger partial charge on any atom is 0.267 e. The number of aryl methyl sites for hydroxylation is 1.